The molecule has 0 amide bonds. The number of pyridine rings is 1. The second-order valence-corrected chi connectivity index (χ2v) is 9.54. The summed E-state index contributed by atoms with van der Waals surface area (Å²) in [4.78, 5) is 16.2. The van der Waals surface area contributed by atoms with Crippen molar-refractivity contribution in [2.45, 2.75) is 51.5 Å². The molecule has 6 heterocycles. The zero-order chi connectivity index (χ0) is 23.4. The molecule has 4 aromatic heterocycles. The average molecular weight is 465 g/mol. The topological polar surface area (TPSA) is 85.4 Å². The van der Waals surface area contributed by atoms with Crippen molar-refractivity contribution in [1.82, 2.24) is 34.0 Å². The number of halogens is 1. The van der Waals surface area contributed by atoms with Gasteiger partial charge in [-0.25, -0.2) is 23.9 Å². The Morgan fingerprint density at radius 2 is 2.03 bits per heavy atom. The van der Waals surface area contributed by atoms with E-state index in [0.29, 0.717) is 38.2 Å². The molecule has 9 nitrogen and oxygen atoms in total. The van der Waals surface area contributed by atoms with Gasteiger partial charge in [-0.3, -0.25) is 4.90 Å². The van der Waals surface area contributed by atoms with Gasteiger partial charge in [0.2, 0.25) is 5.95 Å². The summed E-state index contributed by atoms with van der Waals surface area (Å²) in [6, 6.07) is 6.31. The molecule has 6 rings (SSSR count). The maximum absolute atomic E-state index is 14.8. The number of fused-ring (bicyclic) bond motifs is 2. The highest BCUT2D eigenvalue weighted by molar-refractivity contribution is 5.82. The molecule has 0 radical (unpaired) electrons. The largest absolute Gasteiger partial charge is 0.378 e. The van der Waals surface area contributed by atoms with Crippen LogP contribution in [-0.4, -0.2) is 78.6 Å². The molecule has 4 aromatic rings. The van der Waals surface area contributed by atoms with E-state index in [0.717, 1.165) is 40.3 Å². The van der Waals surface area contributed by atoms with Gasteiger partial charge in [-0.05, 0) is 45.4 Å². The van der Waals surface area contributed by atoms with Crippen LogP contribution in [0.1, 0.15) is 32.1 Å². The predicted molar refractivity (Wildman–Crippen MR) is 128 cm³/mol. The summed E-state index contributed by atoms with van der Waals surface area (Å²) in [7, 11) is 0. The van der Waals surface area contributed by atoms with E-state index in [-0.39, 0.29) is 12.1 Å². The quantitative estimate of drug-likeness (QED) is 0.485. The van der Waals surface area contributed by atoms with Crippen molar-refractivity contribution in [3.8, 4) is 11.3 Å². The molecule has 0 bridgehead atoms. The molecule has 2 saturated heterocycles. The molecule has 0 unspecified atom stereocenters. The van der Waals surface area contributed by atoms with Crippen LogP contribution in [0.5, 0.6) is 0 Å². The molecule has 1 N–H and O–H groups in total. The Morgan fingerprint density at radius 1 is 1.18 bits per heavy atom. The van der Waals surface area contributed by atoms with Crippen molar-refractivity contribution >= 4 is 22.6 Å². The second-order valence-electron chi connectivity index (χ2n) is 9.54. The molecule has 0 aliphatic carbocycles. The lowest BCUT2D eigenvalue weighted by molar-refractivity contribution is -0.0794. The highest BCUT2D eigenvalue weighted by atomic mass is 19.1. The number of rotatable bonds is 5. The number of hydrogen-bond donors (Lipinski definition) is 1. The van der Waals surface area contributed by atoms with Crippen molar-refractivity contribution in [2.24, 2.45) is 0 Å². The fraction of sp³-hybridized carbons (Fsp3) is 0.500. The van der Waals surface area contributed by atoms with Gasteiger partial charge in [0.05, 0.1) is 42.7 Å². The Labute approximate surface area is 197 Å². The highest BCUT2D eigenvalue weighted by Crippen LogP contribution is 2.28. The van der Waals surface area contributed by atoms with E-state index in [1.807, 2.05) is 31.3 Å². The van der Waals surface area contributed by atoms with E-state index < -0.39 is 6.17 Å². The zero-order valence-corrected chi connectivity index (χ0v) is 19.6. The number of nitrogens with zero attached hydrogens (tertiary/aromatic N) is 7. The van der Waals surface area contributed by atoms with Crippen LogP contribution in [0.25, 0.3) is 27.9 Å². The summed E-state index contributed by atoms with van der Waals surface area (Å²) in [6.07, 6.45) is 3.40. The molecule has 178 valence electrons. The van der Waals surface area contributed by atoms with Gasteiger partial charge in [0.25, 0.3) is 0 Å². The van der Waals surface area contributed by atoms with Crippen LogP contribution in [0.4, 0.5) is 10.3 Å². The molecule has 0 saturated carbocycles. The fourth-order valence-electron chi connectivity index (χ4n) is 5.06. The van der Waals surface area contributed by atoms with Gasteiger partial charge in [-0.2, -0.15) is 0 Å². The van der Waals surface area contributed by atoms with Gasteiger partial charge < -0.3 is 14.6 Å². The minimum absolute atomic E-state index is 0.267. The Balaban J connectivity index is 1.24. The van der Waals surface area contributed by atoms with Crippen LogP contribution in [0, 0.1) is 6.92 Å². The smallest absolute Gasteiger partial charge is 0.241 e. The molecule has 34 heavy (non-hydrogen) atoms. The second kappa shape index (κ2) is 8.28. The zero-order valence-electron chi connectivity index (χ0n) is 19.6. The van der Waals surface area contributed by atoms with Gasteiger partial charge in [-0.15, -0.1) is 5.10 Å². The Morgan fingerprint density at radius 3 is 2.76 bits per heavy atom. The minimum atomic E-state index is -0.973. The van der Waals surface area contributed by atoms with Crippen molar-refractivity contribution in [2.75, 3.05) is 31.6 Å². The van der Waals surface area contributed by atoms with Gasteiger partial charge in [-0.1, -0.05) is 0 Å². The number of nitrogens with one attached hydrogen (secondary N) is 1. The Hall–Kier alpha value is -3.11. The third-order valence-corrected chi connectivity index (χ3v) is 6.95. The van der Waals surface area contributed by atoms with E-state index >= 15 is 0 Å². The van der Waals surface area contributed by atoms with Crippen LogP contribution in [0.3, 0.4) is 0 Å². The third kappa shape index (κ3) is 3.61. The van der Waals surface area contributed by atoms with Gasteiger partial charge >= 0.3 is 0 Å². The first-order chi connectivity index (χ1) is 16.5. The first kappa shape index (κ1) is 21.4. The van der Waals surface area contributed by atoms with Gasteiger partial charge in [0.15, 0.2) is 5.65 Å². The number of anilines is 1. The summed E-state index contributed by atoms with van der Waals surface area (Å²) in [5.74, 6) is 1.38. The van der Waals surface area contributed by atoms with E-state index in [1.54, 1.807) is 10.7 Å². The lowest BCUT2D eigenvalue weighted by Gasteiger charge is -2.42. The number of likely N-dealkylation sites (tertiary alicyclic amines) is 1. The Bertz CT molecular complexity index is 1340. The fourth-order valence-corrected chi connectivity index (χ4v) is 5.06. The first-order valence-electron chi connectivity index (χ1n) is 11.9. The average Bonchev–Trinajstić information content (AvgIpc) is 3.33. The maximum atomic E-state index is 14.8. The van der Waals surface area contributed by atoms with Crippen LogP contribution in [-0.2, 0) is 4.74 Å². The van der Waals surface area contributed by atoms with Crippen molar-refractivity contribution in [3.63, 3.8) is 0 Å². The predicted octanol–water partition coefficient (Wildman–Crippen LogP) is 3.25. The molecule has 0 aromatic carbocycles. The molecule has 10 heteroatoms. The van der Waals surface area contributed by atoms with Crippen LogP contribution in [0.2, 0.25) is 0 Å². The number of aryl methyl sites for hydroxylation is 1. The van der Waals surface area contributed by atoms with E-state index in [4.69, 9.17) is 9.72 Å². The summed E-state index contributed by atoms with van der Waals surface area (Å²) in [5, 5.41) is 7.80. The minimum Gasteiger partial charge on any atom is -0.378 e. The van der Waals surface area contributed by atoms with Gasteiger partial charge in [0, 0.05) is 30.9 Å². The molecule has 2 aliphatic rings. The summed E-state index contributed by atoms with van der Waals surface area (Å²) in [6.45, 7) is 8.96. The lowest BCUT2D eigenvalue weighted by atomic mass is 10.0. The monoisotopic (exact) mass is 464 g/mol. The molecular weight excluding hydrogens is 435 g/mol. The third-order valence-electron chi connectivity index (χ3n) is 6.95. The summed E-state index contributed by atoms with van der Waals surface area (Å²) >= 11 is 0. The number of ether oxygens (including phenoxy) is 1. The van der Waals surface area contributed by atoms with Gasteiger partial charge in [0.1, 0.15) is 17.5 Å². The number of imidazole rings is 1. The van der Waals surface area contributed by atoms with Crippen LogP contribution >= 0.6 is 0 Å². The number of piperidine rings is 1. The number of hydrogen-bond acceptors (Lipinski definition) is 7. The number of aromatic nitrogens is 6. The van der Waals surface area contributed by atoms with Crippen LogP contribution < -0.4 is 5.32 Å². The van der Waals surface area contributed by atoms with E-state index in [1.165, 1.54) is 0 Å². The highest BCUT2D eigenvalue weighted by Gasteiger charge is 2.35. The van der Waals surface area contributed by atoms with E-state index in [9.17, 15) is 4.39 Å². The summed E-state index contributed by atoms with van der Waals surface area (Å²) < 4.78 is 24.0. The molecular formula is C24H29FN8O. The molecule has 2 aliphatic heterocycles. The molecule has 2 fully saturated rings. The molecule has 0 spiro atoms. The van der Waals surface area contributed by atoms with Crippen LogP contribution in [0.15, 0.2) is 30.6 Å². The lowest BCUT2D eigenvalue weighted by Crippen LogP contribution is -2.57. The normalized spacial score (nSPS) is 22.0. The maximum Gasteiger partial charge on any atom is 0.241 e. The van der Waals surface area contributed by atoms with Crippen molar-refractivity contribution < 1.29 is 9.13 Å². The Kier molecular flexibility index (Phi) is 5.22. The summed E-state index contributed by atoms with van der Waals surface area (Å²) in [5.41, 5.74) is 4.40. The van der Waals surface area contributed by atoms with Crippen molar-refractivity contribution in [1.29, 1.82) is 0 Å². The SMILES string of the molecule is Cc1nc2ccc(-c3ccn4nc(N[C@H]5CCN(C6COC6)C[C@H]5F)ncc34)nc2n1C(C)C. The number of alkyl halides is 1. The first-order valence-corrected chi connectivity index (χ1v) is 11.9. The van der Waals surface area contributed by atoms with E-state index in [2.05, 4.69) is 43.7 Å². The van der Waals surface area contributed by atoms with Crippen molar-refractivity contribution in [3.05, 3.63) is 36.4 Å². The molecule has 2 atom stereocenters. The standard InChI is InChI=1S/C24H29FN8O/c1-14(2)33-15(3)27-21-5-4-19(28-23(21)33)17-6-9-32-22(17)10-26-24(30-32)29-20-7-8-31(11-18(20)25)16-12-34-13-16/h4-6,9-10,14,16,18,20H,7-8,11-13H2,1-3H3,(H,29,30)/t18-,20+/m1/s1.